The van der Waals surface area contributed by atoms with E-state index in [1.165, 1.54) is 6.26 Å². The van der Waals surface area contributed by atoms with Crippen molar-refractivity contribution >= 4 is 5.97 Å². The van der Waals surface area contributed by atoms with Crippen LogP contribution < -0.4 is 0 Å². The van der Waals surface area contributed by atoms with E-state index >= 15 is 0 Å². The van der Waals surface area contributed by atoms with Gasteiger partial charge in [-0.25, -0.2) is 4.79 Å². The second-order valence-electron chi connectivity index (χ2n) is 4.05. The minimum Gasteiger partial charge on any atom is -0.432 e. The highest BCUT2D eigenvalue weighted by molar-refractivity contribution is 5.82. The van der Waals surface area contributed by atoms with Crippen LogP contribution >= 0.6 is 0 Å². The fraction of sp³-hybridized carbons (Fsp3) is 0.308. The lowest BCUT2D eigenvalue weighted by atomic mass is 9.81. The zero-order valence-corrected chi connectivity index (χ0v) is 9.09. The molecule has 0 bridgehead atoms. The molecule has 3 heteroatoms. The minimum absolute atomic E-state index is 0.207. The molecule has 1 aliphatic heterocycles. The van der Waals surface area contributed by atoms with Gasteiger partial charge in [0.2, 0.25) is 0 Å². The van der Waals surface area contributed by atoms with Gasteiger partial charge in [-0.05, 0) is 18.1 Å². The third-order valence-electron chi connectivity index (χ3n) is 3.00. The maximum atomic E-state index is 11.8. The van der Waals surface area contributed by atoms with Crippen LogP contribution in [0.1, 0.15) is 18.9 Å². The first-order valence-electron chi connectivity index (χ1n) is 5.29. The summed E-state index contributed by atoms with van der Waals surface area (Å²) in [6, 6.07) is 8.92. The first kappa shape index (κ1) is 10.9. The number of ether oxygens (including phenoxy) is 1. The Kier molecular flexibility index (Phi) is 2.79. The number of aliphatic hydroxyl groups is 1. The van der Waals surface area contributed by atoms with Crippen LogP contribution in [0.5, 0.6) is 0 Å². The van der Waals surface area contributed by atoms with Crippen LogP contribution in [-0.2, 0) is 15.1 Å². The van der Waals surface area contributed by atoms with Crippen LogP contribution in [0.4, 0.5) is 0 Å². The van der Waals surface area contributed by atoms with Crippen molar-refractivity contribution in [2.45, 2.75) is 18.9 Å². The summed E-state index contributed by atoms with van der Waals surface area (Å²) in [5.41, 5.74) is -0.971. The summed E-state index contributed by atoms with van der Waals surface area (Å²) in [7, 11) is 0. The monoisotopic (exact) mass is 218 g/mol. The van der Waals surface area contributed by atoms with E-state index in [2.05, 4.69) is 0 Å². The summed E-state index contributed by atoms with van der Waals surface area (Å²) in [5.74, 6) is -0.818. The van der Waals surface area contributed by atoms with Crippen LogP contribution in [0, 0.1) is 5.92 Å². The molecule has 0 aliphatic carbocycles. The molecule has 1 aromatic carbocycles. The van der Waals surface area contributed by atoms with E-state index in [0.29, 0.717) is 12.0 Å². The summed E-state index contributed by atoms with van der Waals surface area (Å²) in [6.07, 6.45) is 3.71. The molecule has 1 heterocycles. The van der Waals surface area contributed by atoms with Gasteiger partial charge in [-0.15, -0.1) is 0 Å². The number of esters is 1. The molecule has 2 rings (SSSR count). The van der Waals surface area contributed by atoms with Crippen LogP contribution in [0.2, 0.25) is 0 Å². The molecule has 0 saturated carbocycles. The Bertz CT molecular complexity index is 410. The molecular formula is C13H14O3. The van der Waals surface area contributed by atoms with Gasteiger partial charge in [-0.2, -0.15) is 0 Å². The second kappa shape index (κ2) is 4.10. The van der Waals surface area contributed by atoms with Crippen molar-refractivity contribution in [3.05, 3.63) is 48.2 Å². The quantitative estimate of drug-likeness (QED) is 0.733. The molecule has 0 spiro atoms. The zero-order valence-electron chi connectivity index (χ0n) is 9.09. The highest BCUT2D eigenvalue weighted by Gasteiger charge is 2.45. The van der Waals surface area contributed by atoms with Crippen molar-refractivity contribution in [3.63, 3.8) is 0 Å². The van der Waals surface area contributed by atoms with E-state index < -0.39 is 11.6 Å². The van der Waals surface area contributed by atoms with Gasteiger partial charge in [-0.1, -0.05) is 37.3 Å². The first-order chi connectivity index (χ1) is 7.65. The normalized spacial score (nSPS) is 29.6. The van der Waals surface area contributed by atoms with Crippen LogP contribution in [0.3, 0.4) is 0 Å². The number of rotatable bonds is 1. The number of cyclic esters (lactones) is 1. The van der Waals surface area contributed by atoms with E-state index in [1.54, 1.807) is 30.3 Å². The van der Waals surface area contributed by atoms with Crippen LogP contribution in [0.15, 0.2) is 42.7 Å². The molecule has 0 amide bonds. The smallest absolute Gasteiger partial charge is 0.347 e. The molecule has 1 aliphatic rings. The van der Waals surface area contributed by atoms with Crippen molar-refractivity contribution in [1.29, 1.82) is 0 Å². The van der Waals surface area contributed by atoms with Gasteiger partial charge in [-0.3, -0.25) is 0 Å². The maximum absolute atomic E-state index is 11.8. The van der Waals surface area contributed by atoms with Crippen molar-refractivity contribution in [1.82, 2.24) is 0 Å². The molecular weight excluding hydrogens is 204 g/mol. The van der Waals surface area contributed by atoms with Gasteiger partial charge in [0.1, 0.15) is 0 Å². The Morgan fingerprint density at radius 1 is 1.38 bits per heavy atom. The molecule has 0 radical (unpaired) electrons. The molecule has 0 fully saturated rings. The lowest BCUT2D eigenvalue weighted by Crippen LogP contribution is -2.41. The Morgan fingerprint density at radius 3 is 2.75 bits per heavy atom. The van der Waals surface area contributed by atoms with Crippen molar-refractivity contribution in [2.75, 3.05) is 0 Å². The van der Waals surface area contributed by atoms with Gasteiger partial charge >= 0.3 is 5.97 Å². The number of allylic oxidation sites excluding steroid dienone is 1. The van der Waals surface area contributed by atoms with Crippen LogP contribution in [-0.4, -0.2) is 11.1 Å². The molecule has 0 saturated heterocycles. The summed E-state index contributed by atoms with van der Waals surface area (Å²) < 4.78 is 4.87. The van der Waals surface area contributed by atoms with E-state index in [4.69, 9.17) is 4.74 Å². The SMILES string of the molecule is CC1CC=COC(=O)C1(O)c1ccccc1. The fourth-order valence-electron chi connectivity index (χ4n) is 1.93. The lowest BCUT2D eigenvalue weighted by molar-refractivity contribution is -0.165. The summed E-state index contributed by atoms with van der Waals surface area (Å²) in [4.78, 5) is 11.8. The number of hydrogen-bond acceptors (Lipinski definition) is 3. The summed E-state index contributed by atoms with van der Waals surface area (Å²) in [6.45, 7) is 1.84. The third-order valence-corrected chi connectivity index (χ3v) is 3.00. The summed E-state index contributed by atoms with van der Waals surface area (Å²) in [5, 5.41) is 10.5. The summed E-state index contributed by atoms with van der Waals surface area (Å²) >= 11 is 0. The molecule has 2 unspecified atom stereocenters. The highest BCUT2D eigenvalue weighted by Crippen LogP contribution is 2.35. The van der Waals surface area contributed by atoms with Gasteiger partial charge in [0, 0.05) is 5.92 Å². The third kappa shape index (κ3) is 1.63. The largest absolute Gasteiger partial charge is 0.432 e. The second-order valence-corrected chi connectivity index (χ2v) is 4.05. The number of carbonyl (C=O) groups excluding carboxylic acids is 1. The molecule has 0 aromatic heterocycles. The average molecular weight is 218 g/mol. The molecule has 1 aromatic rings. The highest BCUT2D eigenvalue weighted by atomic mass is 16.5. The van der Waals surface area contributed by atoms with Crippen molar-refractivity contribution < 1.29 is 14.6 Å². The number of carbonyl (C=O) groups is 1. The Hall–Kier alpha value is -1.61. The van der Waals surface area contributed by atoms with E-state index in [9.17, 15) is 9.90 Å². The molecule has 3 nitrogen and oxygen atoms in total. The zero-order chi connectivity index (χ0) is 11.6. The molecule has 84 valence electrons. The predicted molar refractivity (Wildman–Crippen MR) is 59.4 cm³/mol. The number of benzene rings is 1. The van der Waals surface area contributed by atoms with E-state index in [-0.39, 0.29) is 5.92 Å². The van der Waals surface area contributed by atoms with Crippen molar-refractivity contribution in [3.8, 4) is 0 Å². The standard InChI is InChI=1S/C13H14O3/c1-10-6-5-9-16-12(14)13(10,15)11-7-3-2-4-8-11/h2-5,7-10,15H,6H2,1H3. The number of hydrogen-bond donors (Lipinski definition) is 1. The minimum atomic E-state index is -1.55. The van der Waals surface area contributed by atoms with Crippen LogP contribution in [0.25, 0.3) is 0 Å². The average Bonchev–Trinajstić information content (AvgIpc) is 2.45. The van der Waals surface area contributed by atoms with E-state index in [0.717, 1.165) is 0 Å². The Labute approximate surface area is 94.4 Å². The molecule has 16 heavy (non-hydrogen) atoms. The van der Waals surface area contributed by atoms with Gasteiger partial charge < -0.3 is 9.84 Å². The first-order valence-corrected chi connectivity index (χ1v) is 5.29. The van der Waals surface area contributed by atoms with Gasteiger partial charge in [0.25, 0.3) is 0 Å². The van der Waals surface area contributed by atoms with Gasteiger partial charge in [0.05, 0.1) is 6.26 Å². The van der Waals surface area contributed by atoms with E-state index in [1.807, 2.05) is 13.0 Å². The Morgan fingerprint density at radius 2 is 2.06 bits per heavy atom. The van der Waals surface area contributed by atoms with Crippen molar-refractivity contribution in [2.24, 2.45) is 5.92 Å². The maximum Gasteiger partial charge on any atom is 0.347 e. The lowest BCUT2D eigenvalue weighted by Gasteiger charge is -2.29. The predicted octanol–water partition coefficient (Wildman–Crippen LogP) is 1.97. The molecule has 1 N–H and O–H groups in total. The van der Waals surface area contributed by atoms with Gasteiger partial charge in [0.15, 0.2) is 5.60 Å². The topological polar surface area (TPSA) is 46.5 Å². The molecule has 2 atom stereocenters. The fourth-order valence-corrected chi connectivity index (χ4v) is 1.93. The Balaban J connectivity index is 2.45.